The molecule has 0 heterocycles. The van der Waals surface area contributed by atoms with Gasteiger partial charge < -0.3 is 10.4 Å². The van der Waals surface area contributed by atoms with Crippen molar-refractivity contribution >= 4 is 5.97 Å². The molecule has 0 rings (SSSR count). The van der Waals surface area contributed by atoms with Crippen LogP contribution in [0.5, 0.6) is 0 Å². The molecule has 2 N–H and O–H groups in total. The van der Waals surface area contributed by atoms with Gasteiger partial charge in [0.2, 0.25) is 0 Å². The molecule has 0 fully saturated rings. The van der Waals surface area contributed by atoms with Gasteiger partial charge in [-0.2, -0.15) is 0 Å². The van der Waals surface area contributed by atoms with Gasteiger partial charge in [-0.05, 0) is 18.5 Å². The van der Waals surface area contributed by atoms with Gasteiger partial charge in [0.25, 0.3) is 0 Å². The highest BCUT2D eigenvalue weighted by molar-refractivity contribution is 5.68. The summed E-state index contributed by atoms with van der Waals surface area (Å²) >= 11 is 0. The molecule has 0 bridgehead atoms. The Bertz CT molecular complexity index is 160. The van der Waals surface area contributed by atoms with E-state index < -0.39 is 5.97 Å². The van der Waals surface area contributed by atoms with Crippen LogP contribution in [-0.2, 0) is 4.79 Å². The maximum atomic E-state index is 9.94. The Kier molecular flexibility index (Phi) is 6.07. The lowest BCUT2D eigenvalue weighted by Crippen LogP contribution is -2.23. The summed E-state index contributed by atoms with van der Waals surface area (Å²) in [5.41, 5.74) is 7.85. The van der Waals surface area contributed by atoms with Crippen molar-refractivity contribution in [3.8, 4) is 0 Å². The minimum Gasteiger partial charge on any atom is -0.480 e. The molecule has 0 aliphatic rings. The van der Waals surface area contributed by atoms with Crippen LogP contribution in [0.4, 0.5) is 0 Å². The van der Waals surface area contributed by atoms with Gasteiger partial charge in [-0.25, -0.2) is 0 Å². The van der Waals surface area contributed by atoms with Crippen molar-refractivity contribution < 1.29 is 9.90 Å². The number of azide groups is 1. The first-order valence-electron chi connectivity index (χ1n) is 3.20. The molecule has 0 atom stereocenters. The van der Waals surface area contributed by atoms with E-state index in [-0.39, 0.29) is 6.54 Å². The molecule has 6 nitrogen and oxygen atoms in total. The molecule has 6 heteroatoms. The second-order valence-corrected chi connectivity index (χ2v) is 1.88. The van der Waals surface area contributed by atoms with Crippen LogP contribution in [-0.4, -0.2) is 30.7 Å². The zero-order chi connectivity index (χ0) is 8.53. The third-order valence-electron chi connectivity index (χ3n) is 0.951. The first-order valence-corrected chi connectivity index (χ1v) is 3.20. The third-order valence-corrected chi connectivity index (χ3v) is 0.951. The van der Waals surface area contributed by atoms with Crippen LogP contribution in [0.2, 0.25) is 0 Å². The summed E-state index contributed by atoms with van der Waals surface area (Å²) in [7, 11) is 0. The molecule has 0 radical (unpaired) electrons. The fraction of sp³-hybridized carbons (Fsp3) is 0.800. The maximum Gasteiger partial charge on any atom is 0.317 e. The molecule has 62 valence electrons. The monoisotopic (exact) mass is 158 g/mol. The molecule has 0 amide bonds. The minimum atomic E-state index is -0.881. The summed E-state index contributed by atoms with van der Waals surface area (Å²) in [6, 6.07) is 0. The Morgan fingerprint density at radius 1 is 1.73 bits per heavy atom. The van der Waals surface area contributed by atoms with E-state index in [2.05, 4.69) is 15.3 Å². The van der Waals surface area contributed by atoms with E-state index in [1.165, 1.54) is 0 Å². The summed E-state index contributed by atoms with van der Waals surface area (Å²) in [5.74, 6) is -0.881. The Hall–Kier alpha value is -1.26. The van der Waals surface area contributed by atoms with E-state index in [1.54, 1.807) is 0 Å². The molecule has 0 aliphatic carbocycles. The van der Waals surface area contributed by atoms with Crippen molar-refractivity contribution in [1.82, 2.24) is 5.32 Å². The number of nitrogens with one attached hydrogen (secondary N) is 1. The Labute approximate surface area is 63.8 Å². The largest absolute Gasteiger partial charge is 0.480 e. The lowest BCUT2D eigenvalue weighted by Gasteiger charge is -1.96. The van der Waals surface area contributed by atoms with Crippen molar-refractivity contribution in [3.63, 3.8) is 0 Å². The Balaban J connectivity index is 3.02. The summed E-state index contributed by atoms with van der Waals surface area (Å²) in [6.07, 6.45) is 0.664. The van der Waals surface area contributed by atoms with Gasteiger partial charge in [0.15, 0.2) is 0 Å². The molecule has 0 spiro atoms. The Morgan fingerprint density at radius 2 is 2.45 bits per heavy atom. The predicted octanol–water partition coefficient (Wildman–Crippen LogP) is 0.361. The SMILES string of the molecule is [N-]=[N+]=NCCCNCC(=O)O. The van der Waals surface area contributed by atoms with Crippen LogP contribution in [0.25, 0.3) is 10.4 Å². The van der Waals surface area contributed by atoms with Gasteiger partial charge >= 0.3 is 5.97 Å². The summed E-state index contributed by atoms with van der Waals surface area (Å²) in [5, 5.41) is 14.1. The summed E-state index contributed by atoms with van der Waals surface area (Å²) < 4.78 is 0. The van der Waals surface area contributed by atoms with Crippen molar-refractivity contribution in [2.45, 2.75) is 6.42 Å². The van der Waals surface area contributed by atoms with Gasteiger partial charge in [-0.1, -0.05) is 5.11 Å². The van der Waals surface area contributed by atoms with Crippen molar-refractivity contribution in [2.24, 2.45) is 5.11 Å². The fourth-order valence-corrected chi connectivity index (χ4v) is 0.515. The van der Waals surface area contributed by atoms with E-state index in [1.807, 2.05) is 0 Å². The second kappa shape index (κ2) is 6.85. The summed E-state index contributed by atoms with van der Waals surface area (Å²) in [4.78, 5) is 12.5. The van der Waals surface area contributed by atoms with Crippen LogP contribution in [0.1, 0.15) is 6.42 Å². The van der Waals surface area contributed by atoms with E-state index in [0.29, 0.717) is 19.5 Å². The van der Waals surface area contributed by atoms with E-state index >= 15 is 0 Å². The van der Waals surface area contributed by atoms with Gasteiger partial charge in [0, 0.05) is 11.5 Å². The molecule has 11 heavy (non-hydrogen) atoms. The highest BCUT2D eigenvalue weighted by Gasteiger charge is 1.92. The van der Waals surface area contributed by atoms with Crippen molar-refractivity contribution in [1.29, 1.82) is 0 Å². The van der Waals surface area contributed by atoms with Crippen molar-refractivity contribution in [3.05, 3.63) is 10.4 Å². The van der Waals surface area contributed by atoms with Gasteiger partial charge in [0.1, 0.15) is 0 Å². The molecular formula is C5H10N4O2. The highest BCUT2D eigenvalue weighted by atomic mass is 16.4. The molecule has 0 aromatic heterocycles. The lowest BCUT2D eigenvalue weighted by molar-refractivity contribution is -0.135. The number of carboxylic acid groups (broad SMARTS) is 1. The molecule has 0 aromatic rings. The highest BCUT2D eigenvalue weighted by Crippen LogP contribution is 1.78. The number of carboxylic acids is 1. The first-order chi connectivity index (χ1) is 5.27. The van der Waals surface area contributed by atoms with Gasteiger partial charge in [0.05, 0.1) is 6.54 Å². The molecule has 0 saturated carbocycles. The van der Waals surface area contributed by atoms with Gasteiger partial charge in [-0.3, -0.25) is 4.79 Å². The maximum absolute atomic E-state index is 9.94. The standard InChI is InChI=1S/C5H10N4O2/c6-9-8-3-1-2-7-4-5(10)11/h7H,1-4H2,(H,10,11). The summed E-state index contributed by atoms with van der Waals surface area (Å²) in [6.45, 7) is 0.921. The average Bonchev–Trinajstić information content (AvgIpc) is 1.96. The topological polar surface area (TPSA) is 98.1 Å². The van der Waals surface area contributed by atoms with Crippen LogP contribution >= 0.6 is 0 Å². The van der Waals surface area contributed by atoms with Crippen LogP contribution in [0.3, 0.4) is 0 Å². The molecule has 0 saturated heterocycles. The number of hydrogen-bond donors (Lipinski definition) is 2. The quantitative estimate of drug-likeness (QED) is 0.252. The normalized spacial score (nSPS) is 8.73. The van der Waals surface area contributed by atoms with Crippen molar-refractivity contribution in [2.75, 3.05) is 19.6 Å². The zero-order valence-corrected chi connectivity index (χ0v) is 6.03. The Morgan fingerprint density at radius 3 is 3.00 bits per heavy atom. The van der Waals surface area contributed by atoms with Gasteiger partial charge in [-0.15, -0.1) is 0 Å². The molecule has 0 aliphatic heterocycles. The number of rotatable bonds is 6. The van der Waals surface area contributed by atoms with Crippen LogP contribution in [0, 0.1) is 0 Å². The number of carbonyl (C=O) groups is 1. The molecular weight excluding hydrogens is 148 g/mol. The molecule has 0 unspecified atom stereocenters. The smallest absolute Gasteiger partial charge is 0.317 e. The van der Waals surface area contributed by atoms with Crippen LogP contribution < -0.4 is 5.32 Å². The van der Waals surface area contributed by atoms with E-state index in [0.717, 1.165) is 0 Å². The minimum absolute atomic E-state index is 0.0454. The number of nitrogens with zero attached hydrogens (tertiary/aromatic N) is 3. The number of hydrogen-bond acceptors (Lipinski definition) is 3. The number of aliphatic carboxylic acids is 1. The van der Waals surface area contributed by atoms with E-state index in [4.69, 9.17) is 10.6 Å². The molecule has 0 aromatic carbocycles. The fourth-order valence-electron chi connectivity index (χ4n) is 0.515. The lowest BCUT2D eigenvalue weighted by atomic mass is 10.4. The second-order valence-electron chi connectivity index (χ2n) is 1.88. The predicted molar refractivity (Wildman–Crippen MR) is 39.1 cm³/mol. The van der Waals surface area contributed by atoms with Crippen LogP contribution in [0.15, 0.2) is 5.11 Å². The third kappa shape index (κ3) is 8.74. The average molecular weight is 158 g/mol. The first kappa shape index (κ1) is 9.74. The van der Waals surface area contributed by atoms with E-state index in [9.17, 15) is 4.79 Å². The zero-order valence-electron chi connectivity index (χ0n) is 6.03.